The average molecular weight is 155 g/mol. The van der Waals surface area contributed by atoms with Crippen molar-refractivity contribution in [1.29, 1.82) is 0 Å². The van der Waals surface area contributed by atoms with Crippen LogP contribution in [0.5, 0.6) is 0 Å². The van der Waals surface area contributed by atoms with Gasteiger partial charge in [0.1, 0.15) is 0 Å². The third-order valence-electron chi connectivity index (χ3n) is 3.04. The molecule has 2 heterocycles. The average Bonchev–Trinajstić information content (AvgIpc) is 2.28. The van der Waals surface area contributed by atoms with E-state index in [2.05, 4.69) is 18.7 Å². The van der Waals surface area contributed by atoms with Gasteiger partial charge in [0.15, 0.2) is 0 Å². The van der Waals surface area contributed by atoms with Gasteiger partial charge in [-0.25, -0.2) is 0 Å². The normalized spacial score (nSPS) is 38.5. The van der Waals surface area contributed by atoms with Crippen molar-refractivity contribution in [1.82, 2.24) is 4.90 Å². The Morgan fingerprint density at radius 2 is 2.09 bits per heavy atom. The summed E-state index contributed by atoms with van der Waals surface area (Å²) >= 11 is 0. The summed E-state index contributed by atoms with van der Waals surface area (Å²) in [6.45, 7) is 7.92. The number of likely N-dealkylation sites (tertiary alicyclic amines) is 1. The Balaban J connectivity index is 1.93. The van der Waals surface area contributed by atoms with Crippen LogP contribution in [0.3, 0.4) is 0 Å². The van der Waals surface area contributed by atoms with Gasteiger partial charge >= 0.3 is 0 Å². The maximum atomic E-state index is 5.62. The van der Waals surface area contributed by atoms with Crippen molar-refractivity contribution in [3.05, 3.63) is 0 Å². The minimum atomic E-state index is 0.296. The predicted octanol–water partition coefficient (Wildman–Crippen LogP) is 1.26. The lowest BCUT2D eigenvalue weighted by atomic mass is 9.94. The van der Waals surface area contributed by atoms with E-state index in [1.54, 1.807) is 0 Å². The monoisotopic (exact) mass is 155 g/mol. The predicted molar refractivity (Wildman–Crippen MR) is 44.6 cm³/mol. The maximum Gasteiger partial charge on any atom is 0.0842 e. The van der Waals surface area contributed by atoms with Crippen molar-refractivity contribution in [2.45, 2.75) is 38.3 Å². The van der Waals surface area contributed by atoms with E-state index < -0.39 is 0 Å². The Kier molecular flexibility index (Phi) is 1.69. The van der Waals surface area contributed by atoms with Crippen molar-refractivity contribution in [3.63, 3.8) is 0 Å². The molecule has 0 aromatic rings. The minimum absolute atomic E-state index is 0.296. The van der Waals surface area contributed by atoms with Crippen LogP contribution < -0.4 is 0 Å². The highest BCUT2D eigenvalue weighted by Gasteiger charge is 2.44. The summed E-state index contributed by atoms with van der Waals surface area (Å²) in [5.74, 6) is 0. The second kappa shape index (κ2) is 2.46. The van der Waals surface area contributed by atoms with Crippen LogP contribution in [0.25, 0.3) is 0 Å². The SMILES string of the molecule is CC(C)N1CC[C@]2(CCO2)C1. The van der Waals surface area contributed by atoms with Gasteiger partial charge in [-0.05, 0) is 20.3 Å². The summed E-state index contributed by atoms with van der Waals surface area (Å²) in [6, 6.07) is 0.693. The number of hydrogen-bond donors (Lipinski definition) is 0. The summed E-state index contributed by atoms with van der Waals surface area (Å²) in [7, 11) is 0. The molecule has 0 aliphatic carbocycles. The van der Waals surface area contributed by atoms with Crippen LogP contribution in [0.1, 0.15) is 26.7 Å². The first kappa shape index (κ1) is 7.56. The van der Waals surface area contributed by atoms with Crippen molar-refractivity contribution in [3.8, 4) is 0 Å². The van der Waals surface area contributed by atoms with E-state index >= 15 is 0 Å². The number of ether oxygens (including phenoxy) is 1. The topological polar surface area (TPSA) is 12.5 Å². The molecule has 0 saturated carbocycles. The molecule has 1 atom stereocenters. The quantitative estimate of drug-likeness (QED) is 0.565. The Morgan fingerprint density at radius 1 is 1.36 bits per heavy atom. The fourth-order valence-electron chi connectivity index (χ4n) is 2.03. The molecular formula is C9H17NO. The fourth-order valence-corrected chi connectivity index (χ4v) is 2.03. The second-order valence-corrected chi connectivity index (χ2v) is 4.10. The molecule has 2 aliphatic heterocycles. The van der Waals surface area contributed by atoms with E-state index in [0.717, 1.165) is 6.61 Å². The molecule has 0 amide bonds. The maximum absolute atomic E-state index is 5.62. The zero-order chi connectivity index (χ0) is 7.90. The number of hydrogen-bond acceptors (Lipinski definition) is 2. The highest BCUT2D eigenvalue weighted by molar-refractivity contribution is 4.97. The highest BCUT2D eigenvalue weighted by atomic mass is 16.5. The first-order valence-electron chi connectivity index (χ1n) is 4.60. The van der Waals surface area contributed by atoms with Crippen LogP contribution in [-0.4, -0.2) is 36.2 Å². The molecule has 1 spiro atoms. The first-order valence-corrected chi connectivity index (χ1v) is 4.60. The van der Waals surface area contributed by atoms with Gasteiger partial charge in [-0.2, -0.15) is 0 Å². The zero-order valence-corrected chi connectivity index (χ0v) is 7.47. The van der Waals surface area contributed by atoms with Crippen molar-refractivity contribution < 1.29 is 4.74 Å². The molecule has 2 aliphatic rings. The van der Waals surface area contributed by atoms with E-state index in [0.29, 0.717) is 11.6 Å². The largest absolute Gasteiger partial charge is 0.373 e. The molecule has 2 saturated heterocycles. The highest BCUT2D eigenvalue weighted by Crippen LogP contribution is 2.36. The standard InChI is InChI=1S/C9H17NO/c1-8(2)10-5-3-9(7-10)4-6-11-9/h8H,3-7H2,1-2H3/t9-/m0/s1. The van der Waals surface area contributed by atoms with Gasteiger partial charge in [0, 0.05) is 25.6 Å². The molecular weight excluding hydrogens is 138 g/mol. The summed E-state index contributed by atoms with van der Waals surface area (Å²) in [6.07, 6.45) is 2.54. The van der Waals surface area contributed by atoms with Crippen LogP contribution in [0.4, 0.5) is 0 Å². The third kappa shape index (κ3) is 1.18. The van der Waals surface area contributed by atoms with Crippen molar-refractivity contribution >= 4 is 0 Å². The number of nitrogens with zero attached hydrogens (tertiary/aromatic N) is 1. The third-order valence-corrected chi connectivity index (χ3v) is 3.04. The molecule has 0 aromatic carbocycles. The van der Waals surface area contributed by atoms with Crippen molar-refractivity contribution in [2.75, 3.05) is 19.7 Å². The van der Waals surface area contributed by atoms with Gasteiger partial charge in [-0.15, -0.1) is 0 Å². The summed E-state index contributed by atoms with van der Waals surface area (Å²) in [5, 5.41) is 0. The van der Waals surface area contributed by atoms with Gasteiger partial charge in [-0.3, -0.25) is 4.90 Å². The van der Waals surface area contributed by atoms with Crippen LogP contribution in [0, 0.1) is 0 Å². The van der Waals surface area contributed by atoms with E-state index in [1.165, 1.54) is 25.9 Å². The Bertz CT molecular complexity index is 152. The van der Waals surface area contributed by atoms with Crippen LogP contribution in [0.2, 0.25) is 0 Å². The molecule has 2 rings (SSSR count). The van der Waals surface area contributed by atoms with Crippen LogP contribution in [-0.2, 0) is 4.74 Å². The smallest absolute Gasteiger partial charge is 0.0842 e. The van der Waals surface area contributed by atoms with E-state index in [1.807, 2.05) is 0 Å². The molecule has 11 heavy (non-hydrogen) atoms. The molecule has 2 fully saturated rings. The molecule has 0 bridgehead atoms. The first-order chi connectivity index (χ1) is 5.22. The van der Waals surface area contributed by atoms with E-state index in [9.17, 15) is 0 Å². The molecule has 2 heteroatoms. The lowest BCUT2D eigenvalue weighted by Gasteiger charge is -2.38. The second-order valence-electron chi connectivity index (χ2n) is 4.10. The lowest BCUT2D eigenvalue weighted by Crippen LogP contribution is -2.46. The Hall–Kier alpha value is -0.0800. The molecule has 0 unspecified atom stereocenters. The van der Waals surface area contributed by atoms with E-state index in [-0.39, 0.29) is 0 Å². The van der Waals surface area contributed by atoms with Gasteiger partial charge in [-0.1, -0.05) is 0 Å². The Morgan fingerprint density at radius 3 is 2.36 bits per heavy atom. The molecule has 0 radical (unpaired) electrons. The fraction of sp³-hybridized carbons (Fsp3) is 1.00. The summed E-state index contributed by atoms with van der Waals surface area (Å²) in [5.41, 5.74) is 0.296. The number of rotatable bonds is 1. The van der Waals surface area contributed by atoms with Crippen LogP contribution >= 0.6 is 0 Å². The Labute approximate surface area is 68.5 Å². The van der Waals surface area contributed by atoms with Gasteiger partial charge in [0.05, 0.1) is 12.2 Å². The van der Waals surface area contributed by atoms with Gasteiger partial charge in [0.25, 0.3) is 0 Å². The zero-order valence-electron chi connectivity index (χ0n) is 7.47. The van der Waals surface area contributed by atoms with E-state index in [4.69, 9.17) is 4.74 Å². The van der Waals surface area contributed by atoms with Crippen LogP contribution in [0.15, 0.2) is 0 Å². The van der Waals surface area contributed by atoms with Crippen molar-refractivity contribution in [2.24, 2.45) is 0 Å². The lowest BCUT2D eigenvalue weighted by molar-refractivity contribution is -0.138. The molecule has 2 nitrogen and oxygen atoms in total. The van der Waals surface area contributed by atoms with Gasteiger partial charge < -0.3 is 4.74 Å². The molecule has 0 N–H and O–H groups in total. The molecule has 0 aromatic heterocycles. The minimum Gasteiger partial charge on any atom is -0.373 e. The summed E-state index contributed by atoms with van der Waals surface area (Å²) in [4.78, 5) is 2.51. The van der Waals surface area contributed by atoms with Gasteiger partial charge in [0.2, 0.25) is 0 Å². The molecule has 64 valence electrons. The summed E-state index contributed by atoms with van der Waals surface area (Å²) < 4.78 is 5.62.